The molecule has 0 radical (unpaired) electrons. The zero-order chi connectivity index (χ0) is 22.1. The molecule has 1 aromatic heterocycles. The van der Waals surface area contributed by atoms with E-state index in [1.807, 2.05) is 30.3 Å². The molecule has 2 atom stereocenters. The average Bonchev–Trinajstić information content (AvgIpc) is 3.18. The van der Waals surface area contributed by atoms with E-state index in [4.69, 9.17) is 4.74 Å². The summed E-state index contributed by atoms with van der Waals surface area (Å²) in [6.45, 7) is 1.16. The number of carbonyl (C=O) groups is 1. The van der Waals surface area contributed by atoms with Gasteiger partial charge in [0, 0.05) is 30.8 Å². The minimum atomic E-state index is -3.08. The second-order valence-electron chi connectivity index (χ2n) is 8.81. The number of sulfone groups is 1. The van der Waals surface area contributed by atoms with Crippen LogP contribution in [0.3, 0.4) is 0 Å². The van der Waals surface area contributed by atoms with Crippen LogP contribution in [0.4, 0.5) is 0 Å². The van der Waals surface area contributed by atoms with Crippen LogP contribution in [0.2, 0.25) is 0 Å². The van der Waals surface area contributed by atoms with Crippen LogP contribution in [-0.2, 0) is 19.4 Å². The van der Waals surface area contributed by atoms with Crippen LogP contribution in [-0.4, -0.2) is 76.5 Å². The number of ether oxygens (including phenoxy) is 1. The lowest BCUT2D eigenvalue weighted by Gasteiger charge is -2.30. The smallest absolute Gasteiger partial charge is 0.233 e. The van der Waals surface area contributed by atoms with E-state index in [0.717, 1.165) is 37.2 Å². The maximum atomic E-state index is 13.3. The van der Waals surface area contributed by atoms with Gasteiger partial charge in [-0.1, -0.05) is 30.0 Å². The zero-order valence-corrected chi connectivity index (χ0v) is 19.6. The molecule has 1 aliphatic carbocycles. The minimum absolute atomic E-state index is 0.0123. The molecule has 1 amide bonds. The largest absolute Gasteiger partial charge is 0.376 e. The number of benzene rings is 1. The van der Waals surface area contributed by atoms with E-state index in [9.17, 15) is 13.2 Å². The normalized spacial score (nSPS) is 24.6. The summed E-state index contributed by atoms with van der Waals surface area (Å²) in [5.74, 6) is 1.69. The van der Waals surface area contributed by atoms with Crippen LogP contribution < -0.4 is 0 Å². The number of rotatable bonds is 8. The van der Waals surface area contributed by atoms with Gasteiger partial charge in [-0.15, -0.1) is 10.2 Å². The molecule has 1 aromatic carbocycles. The number of thioether (sulfide) groups is 1. The third kappa shape index (κ3) is 4.87. The summed E-state index contributed by atoms with van der Waals surface area (Å²) >= 11 is 1.37. The van der Waals surface area contributed by atoms with Crippen LogP contribution in [0.25, 0.3) is 5.69 Å². The molecule has 5 rings (SSSR count). The van der Waals surface area contributed by atoms with Gasteiger partial charge in [0.2, 0.25) is 5.91 Å². The van der Waals surface area contributed by atoms with Crippen LogP contribution in [0, 0.1) is 0 Å². The molecule has 2 aliphatic heterocycles. The van der Waals surface area contributed by atoms with Gasteiger partial charge in [-0.3, -0.25) is 9.36 Å². The fourth-order valence-corrected chi connectivity index (χ4v) is 7.07. The highest BCUT2D eigenvalue weighted by molar-refractivity contribution is 7.99. The lowest BCUT2D eigenvalue weighted by atomic mass is 10.1. The average molecular weight is 477 g/mol. The second-order valence-corrected chi connectivity index (χ2v) is 12.0. The Kier molecular flexibility index (Phi) is 6.26. The molecule has 0 N–H and O–H groups in total. The Hall–Kier alpha value is -1.91. The van der Waals surface area contributed by atoms with Gasteiger partial charge in [-0.2, -0.15) is 0 Å². The predicted octanol–water partition coefficient (Wildman–Crippen LogP) is 2.43. The van der Waals surface area contributed by atoms with Crippen LogP contribution >= 0.6 is 11.8 Å². The van der Waals surface area contributed by atoms with Crippen LogP contribution in [0.1, 0.15) is 43.8 Å². The van der Waals surface area contributed by atoms with Crippen molar-refractivity contribution < 1.29 is 17.9 Å². The standard InChI is InChI=1S/C22H28N4O4S2/c27-20(25(13-19-7-4-11-30-19)18-10-12-32(28,29)15-18)14-31-22-24-23-21(16-8-9-16)26(22)17-5-2-1-3-6-17/h1-3,5-6,16,18-19H,4,7-15H2/t18-,19+/m0/s1. The predicted molar refractivity (Wildman–Crippen MR) is 122 cm³/mol. The first-order chi connectivity index (χ1) is 15.5. The Bertz CT molecular complexity index is 1060. The van der Waals surface area contributed by atoms with Crippen molar-refractivity contribution in [2.24, 2.45) is 0 Å². The quantitative estimate of drug-likeness (QED) is 0.540. The van der Waals surface area contributed by atoms with Gasteiger partial charge in [0.25, 0.3) is 0 Å². The SMILES string of the molecule is O=C(CSc1nnc(C2CC2)n1-c1ccccc1)N(C[C@H]1CCCO1)[C@H]1CCS(=O)(=O)C1. The van der Waals surface area contributed by atoms with Gasteiger partial charge in [0.05, 0.1) is 23.4 Å². The number of aromatic nitrogens is 3. The van der Waals surface area contributed by atoms with Crippen LogP contribution in [0.5, 0.6) is 0 Å². The van der Waals surface area contributed by atoms with Crippen molar-refractivity contribution in [2.45, 2.75) is 55.3 Å². The highest BCUT2D eigenvalue weighted by Crippen LogP contribution is 2.41. The first-order valence-corrected chi connectivity index (χ1v) is 14.1. The molecule has 2 saturated heterocycles. The fraction of sp³-hybridized carbons (Fsp3) is 0.591. The molecule has 32 heavy (non-hydrogen) atoms. The molecule has 8 nitrogen and oxygen atoms in total. The fourth-order valence-electron chi connectivity index (χ4n) is 4.49. The molecule has 3 fully saturated rings. The first-order valence-electron chi connectivity index (χ1n) is 11.3. The van der Waals surface area contributed by atoms with E-state index < -0.39 is 9.84 Å². The van der Waals surface area contributed by atoms with Crippen molar-refractivity contribution in [3.8, 4) is 5.69 Å². The van der Waals surface area contributed by atoms with Gasteiger partial charge in [0.15, 0.2) is 15.0 Å². The molecule has 10 heteroatoms. The summed E-state index contributed by atoms with van der Waals surface area (Å²) in [7, 11) is -3.08. The number of amides is 1. The van der Waals surface area contributed by atoms with Crippen molar-refractivity contribution in [3.63, 3.8) is 0 Å². The number of nitrogens with zero attached hydrogens (tertiary/aromatic N) is 4. The van der Waals surface area contributed by atoms with Crippen molar-refractivity contribution in [1.82, 2.24) is 19.7 Å². The van der Waals surface area contributed by atoms with E-state index in [1.54, 1.807) is 4.90 Å². The van der Waals surface area contributed by atoms with Gasteiger partial charge in [-0.05, 0) is 44.2 Å². The molecule has 2 aromatic rings. The Balaban J connectivity index is 1.33. The third-order valence-electron chi connectivity index (χ3n) is 6.33. The lowest BCUT2D eigenvalue weighted by molar-refractivity contribution is -0.131. The monoisotopic (exact) mass is 476 g/mol. The summed E-state index contributed by atoms with van der Waals surface area (Å²) < 4.78 is 31.9. The third-order valence-corrected chi connectivity index (χ3v) is 9.00. The second kappa shape index (κ2) is 9.15. The minimum Gasteiger partial charge on any atom is -0.376 e. The number of hydrogen-bond donors (Lipinski definition) is 0. The summed E-state index contributed by atoms with van der Waals surface area (Å²) in [4.78, 5) is 15.0. The van der Waals surface area contributed by atoms with Crippen LogP contribution in [0.15, 0.2) is 35.5 Å². The molecule has 0 unspecified atom stereocenters. The van der Waals surface area contributed by atoms with Crippen molar-refractivity contribution in [1.29, 1.82) is 0 Å². The number of hydrogen-bond acceptors (Lipinski definition) is 7. The molecular weight excluding hydrogens is 448 g/mol. The van der Waals surface area contributed by atoms with E-state index in [0.29, 0.717) is 30.6 Å². The summed E-state index contributed by atoms with van der Waals surface area (Å²) in [6.07, 6.45) is 4.59. The topological polar surface area (TPSA) is 94.4 Å². The molecule has 0 spiro atoms. The lowest BCUT2D eigenvalue weighted by Crippen LogP contribution is -2.46. The molecule has 3 aliphatic rings. The molecule has 3 heterocycles. The highest BCUT2D eigenvalue weighted by atomic mass is 32.2. The molecule has 1 saturated carbocycles. The van der Waals surface area contributed by atoms with E-state index >= 15 is 0 Å². The van der Waals surface area contributed by atoms with E-state index in [2.05, 4.69) is 14.8 Å². The van der Waals surface area contributed by atoms with E-state index in [1.165, 1.54) is 11.8 Å². The van der Waals surface area contributed by atoms with Crippen molar-refractivity contribution >= 4 is 27.5 Å². The maximum Gasteiger partial charge on any atom is 0.233 e. The Morgan fingerprint density at radius 3 is 2.62 bits per heavy atom. The zero-order valence-electron chi connectivity index (χ0n) is 17.9. The number of carbonyl (C=O) groups excluding carboxylic acids is 1. The van der Waals surface area contributed by atoms with E-state index in [-0.39, 0.29) is 35.3 Å². The summed E-state index contributed by atoms with van der Waals surface area (Å²) in [5.41, 5.74) is 0.993. The molecular formula is C22H28N4O4S2. The van der Waals surface area contributed by atoms with Crippen molar-refractivity contribution in [2.75, 3.05) is 30.4 Å². The van der Waals surface area contributed by atoms with Gasteiger partial charge in [0.1, 0.15) is 5.82 Å². The Labute approximate surface area is 192 Å². The maximum absolute atomic E-state index is 13.3. The summed E-state index contributed by atoms with van der Waals surface area (Å²) in [5, 5.41) is 9.52. The molecule has 172 valence electrons. The Morgan fingerprint density at radius 2 is 1.97 bits per heavy atom. The summed E-state index contributed by atoms with van der Waals surface area (Å²) in [6, 6.07) is 9.71. The molecule has 0 bridgehead atoms. The first kappa shape index (κ1) is 21.9. The van der Waals surface area contributed by atoms with Gasteiger partial charge in [-0.25, -0.2) is 8.42 Å². The van der Waals surface area contributed by atoms with Gasteiger partial charge >= 0.3 is 0 Å². The Morgan fingerprint density at radius 1 is 1.16 bits per heavy atom. The highest BCUT2D eigenvalue weighted by Gasteiger charge is 2.37. The van der Waals surface area contributed by atoms with Gasteiger partial charge < -0.3 is 9.64 Å². The van der Waals surface area contributed by atoms with Crippen molar-refractivity contribution in [3.05, 3.63) is 36.2 Å². The number of para-hydroxylation sites is 1.